The molecular weight excluding hydrogens is 355 g/mol. The van der Waals surface area contributed by atoms with Crippen LogP contribution in [0.2, 0.25) is 0 Å². The Balaban J connectivity index is 1.48. The zero-order chi connectivity index (χ0) is 18.4. The molecule has 26 heavy (non-hydrogen) atoms. The second-order valence-electron chi connectivity index (χ2n) is 5.32. The van der Waals surface area contributed by atoms with Crippen LogP contribution in [0.1, 0.15) is 0 Å². The molecular formula is C18H15FN4O2S. The molecule has 0 radical (unpaired) electrons. The molecule has 0 unspecified atom stereocenters. The van der Waals surface area contributed by atoms with E-state index in [0.29, 0.717) is 10.7 Å². The van der Waals surface area contributed by atoms with Crippen molar-refractivity contribution in [3.63, 3.8) is 0 Å². The fourth-order valence-corrected chi connectivity index (χ4v) is 3.02. The van der Waals surface area contributed by atoms with Crippen molar-refractivity contribution in [3.8, 4) is 0 Å². The number of para-hydroxylation sites is 1. The van der Waals surface area contributed by atoms with Crippen molar-refractivity contribution in [2.45, 2.75) is 5.03 Å². The molecule has 0 saturated heterocycles. The summed E-state index contributed by atoms with van der Waals surface area (Å²) in [5, 5.41) is 6.70. The molecule has 6 nitrogen and oxygen atoms in total. The standard InChI is InChI=1S/C18H15FN4O2S/c19-12-5-7-13(8-6-12)23-16(24)9-20-17(25)10-26-18-14-3-1-2-4-15(14)21-11-22-18/h1-8,11H,9-10H2,(H,20,25)(H,23,24). The molecule has 2 amide bonds. The van der Waals surface area contributed by atoms with Crippen molar-refractivity contribution in [1.29, 1.82) is 0 Å². The summed E-state index contributed by atoms with van der Waals surface area (Å²) in [5.41, 5.74) is 1.27. The van der Waals surface area contributed by atoms with Gasteiger partial charge < -0.3 is 10.6 Å². The van der Waals surface area contributed by atoms with Gasteiger partial charge in [0, 0.05) is 11.1 Å². The first-order valence-corrected chi connectivity index (χ1v) is 8.75. The fourth-order valence-electron chi connectivity index (χ4n) is 2.20. The van der Waals surface area contributed by atoms with Gasteiger partial charge in [-0.1, -0.05) is 30.0 Å². The fraction of sp³-hybridized carbons (Fsp3) is 0.111. The van der Waals surface area contributed by atoms with Crippen LogP contribution in [-0.4, -0.2) is 34.1 Å². The molecule has 8 heteroatoms. The number of amides is 2. The number of hydrogen-bond acceptors (Lipinski definition) is 5. The third-order valence-electron chi connectivity index (χ3n) is 3.42. The average Bonchev–Trinajstić information content (AvgIpc) is 2.66. The number of aromatic nitrogens is 2. The lowest BCUT2D eigenvalue weighted by Crippen LogP contribution is -2.33. The van der Waals surface area contributed by atoms with Gasteiger partial charge in [-0.2, -0.15) is 0 Å². The topological polar surface area (TPSA) is 84.0 Å². The van der Waals surface area contributed by atoms with Crippen molar-refractivity contribution < 1.29 is 14.0 Å². The number of carbonyl (C=O) groups is 2. The molecule has 0 aliphatic rings. The van der Waals surface area contributed by atoms with Crippen LogP contribution in [-0.2, 0) is 9.59 Å². The van der Waals surface area contributed by atoms with Gasteiger partial charge in [0.15, 0.2) is 0 Å². The van der Waals surface area contributed by atoms with E-state index in [4.69, 9.17) is 0 Å². The summed E-state index contributed by atoms with van der Waals surface area (Å²) in [6.45, 7) is -0.165. The first kappa shape index (κ1) is 17.8. The SMILES string of the molecule is O=C(CSc1ncnc2ccccc12)NCC(=O)Nc1ccc(F)cc1. The maximum absolute atomic E-state index is 12.8. The molecule has 2 aromatic carbocycles. The lowest BCUT2D eigenvalue weighted by Gasteiger charge is -2.07. The molecule has 2 N–H and O–H groups in total. The highest BCUT2D eigenvalue weighted by Crippen LogP contribution is 2.23. The third-order valence-corrected chi connectivity index (χ3v) is 4.43. The highest BCUT2D eigenvalue weighted by molar-refractivity contribution is 8.00. The highest BCUT2D eigenvalue weighted by Gasteiger charge is 2.09. The monoisotopic (exact) mass is 370 g/mol. The van der Waals surface area contributed by atoms with Gasteiger partial charge in [0.1, 0.15) is 17.2 Å². The van der Waals surface area contributed by atoms with Crippen LogP contribution in [0, 0.1) is 5.82 Å². The molecule has 0 aliphatic heterocycles. The average molecular weight is 370 g/mol. The van der Waals surface area contributed by atoms with Gasteiger partial charge in [-0.25, -0.2) is 14.4 Å². The van der Waals surface area contributed by atoms with Crippen molar-refractivity contribution in [3.05, 3.63) is 60.7 Å². The normalized spacial score (nSPS) is 10.5. The maximum Gasteiger partial charge on any atom is 0.243 e. The first-order valence-electron chi connectivity index (χ1n) is 7.76. The summed E-state index contributed by atoms with van der Waals surface area (Å²) >= 11 is 1.28. The summed E-state index contributed by atoms with van der Waals surface area (Å²) in [6, 6.07) is 12.9. The number of rotatable bonds is 6. The minimum atomic E-state index is -0.387. The number of thioether (sulfide) groups is 1. The quantitative estimate of drug-likeness (QED) is 0.515. The number of nitrogens with one attached hydrogen (secondary N) is 2. The Morgan fingerprint density at radius 1 is 1.00 bits per heavy atom. The van der Waals surface area contributed by atoms with E-state index in [9.17, 15) is 14.0 Å². The Labute approximate surface area is 153 Å². The lowest BCUT2D eigenvalue weighted by molar-refractivity contribution is -0.122. The predicted molar refractivity (Wildman–Crippen MR) is 98.3 cm³/mol. The molecule has 1 aromatic heterocycles. The maximum atomic E-state index is 12.8. The van der Waals surface area contributed by atoms with Gasteiger partial charge >= 0.3 is 0 Å². The van der Waals surface area contributed by atoms with E-state index in [0.717, 1.165) is 10.9 Å². The van der Waals surface area contributed by atoms with Crippen molar-refractivity contribution in [2.75, 3.05) is 17.6 Å². The van der Waals surface area contributed by atoms with E-state index in [1.165, 1.54) is 42.4 Å². The van der Waals surface area contributed by atoms with Crippen LogP contribution in [0.4, 0.5) is 10.1 Å². The van der Waals surface area contributed by atoms with Crippen LogP contribution in [0.25, 0.3) is 10.9 Å². The summed E-state index contributed by atoms with van der Waals surface area (Å²) < 4.78 is 12.8. The Morgan fingerprint density at radius 3 is 2.58 bits per heavy atom. The van der Waals surface area contributed by atoms with Crippen LogP contribution in [0.15, 0.2) is 59.9 Å². The molecule has 0 saturated carbocycles. The van der Waals surface area contributed by atoms with Crippen molar-refractivity contribution in [2.24, 2.45) is 0 Å². The second kappa shape index (κ2) is 8.39. The number of fused-ring (bicyclic) bond motifs is 1. The van der Waals surface area contributed by atoms with Crippen LogP contribution >= 0.6 is 11.8 Å². The molecule has 0 atom stereocenters. The van der Waals surface area contributed by atoms with Gasteiger partial charge in [-0.05, 0) is 30.3 Å². The van der Waals surface area contributed by atoms with Gasteiger partial charge in [-0.15, -0.1) is 0 Å². The third kappa shape index (κ3) is 4.76. The number of halogens is 1. The Morgan fingerprint density at radius 2 is 1.77 bits per heavy atom. The lowest BCUT2D eigenvalue weighted by atomic mass is 10.2. The smallest absolute Gasteiger partial charge is 0.243 e. The van der Waals surface area contributed by atoms with E-state index in [1.54, 1.807) is 0 Å². The Bertz CT molecular complexity index is 929. The highest BCUT2D eigenvalue weighted by atomic mass is 32.2. The van der Waals surface area contributed by atoms with E-state index in [-0.39, 0.29) is 29.9 Å². The summed E-state index contributed by atoms with van der Waals surface area (Å²) in [4.78, 5) is 32.1. The molecule has 1 heterocycles. The minimum Gasteiger partial charge on any atom is -0.346 e. The van der Waals surface area contributed by atoms with Gasteiger partial charge in [0.05, 0.1) is 17.8 Å². The molecule has 3 aromatic rings. The van der Waals surface area contributed by atoms with E-state index >= 15 is 0 Å². The van der Waals surface area contributed by atoms with Crippen molar-refractivity contribution >= 4 is 40.2 Å². The summed E-state index contributed by atoms with van der Waals surface area (Å²) in [6.07, 6.45) is 1.46. The largest absolute Gasteiger partial charge is 0.346 e. The zero-order valence-electron chi connectivity index (χ0n) is 13.6. The first-order chi connectivity index (χ1) is 12.6. The predicted octanol–water partition coefficient (Wildman–Crippen LogP) is 2.62. The molecule has 132 valence electrons. The number of carbonyl (C=O) groups excluding carboxylic acids is 2. The molecule has 0 fully saturated rings. The molecule has 3 rings (SSSR count). The van der Waals surface area contributed by atoms with E-state index in [1.807, 2.05) is 24.3 Å². The molecule has 0 aliphatic carbocycles. The van der Waals surface area contributed by atoms with Crippen molar-refractivity contribution in [1.82, 2.24) is 15.3 Å². The number of hydrogen-bond donors (Lipinski definition) is 2. The molecule has 0 bridgehead atoms. The summed E-state index contributed by atoms with van der Waals surface area (Å²) in [7, 11) is 0. The zero-order valence-corrected chi connectivity index (χ0v) is 14.4. The second-order valence-corrected chi connectivity index (χ2v) is 6.28. The number of nitrogens with zero attached hydrogens (tertiary/aromatic N) is 2. The van der Waals surface area contributed by atoms with Gasteiger partial charge in [-0.3, -0.25) is 9.59 Å². The number of anilines is 1. The van der Waals surface area contributed by atoms with E-state index < -0.39 is 0 Å². The minimum absolute atomic E-state index is 0.130. The number of benzene rings is 2. The van der Waals surface area contributed by atoms with Crippen LogP contribution < -0.4 is 10.6 Å². The van der Waals surface area contributed by atoms with Gasteiger partial charge in [0.2, 0.25) is 11.8 Å². The van der Waals surface area contributed by atoms with Crippen LogP contribution in [0.5, 0.6) is 0 Å². The van der Waals surface area contributed by atoms with Crippen LogP contribution in [0.3, 0.4) is 0 Å². The Kier molecular flexibility index (Phi) is 5.75. The Hall–Kier alpha value is -3.00. The molecule has 0 spiro atoms. The van der Waals surface area contributed by atoms with E-state index in [2.05, 4.69) is 20.6 Å². The van der Waals surface area contributed by atoms with Gasteiger partial charge in [0.25, 0.3) is 0 Å². The summed E-state index contributed by atoms with van der Waals surface area (Å²) in [5.74, 6) is -0.926.